The van der Waals surface area contributed by atoms with Gasteiger partial charge < -0.3 is 15.6 Å². The first kappa shape index (κ1) is 16.5. The maximum Gasteiger partial charge on any atom is 0.331 e. The van der Waals surface area contributed by atoms with Crippen LogP contribution in [0.3, 0.4) is 0 Å². The van der Waals surface area contributed by atoms with Crippen LogP contribution in [0.15, 0.2) is 24.3 Å². The van der Waals surface area contributed by atoms with Crippen LogP contribution in [0, 0.1) is 0 Å². The molecule has 0 amide bonds. The van der Waals surface area contributed by atoms with E-state index in [2.05, 4.69) is 0 Å². The lowest BCUT2D eigenvalue weighted by atomic mass is 9.87. The van der Waals surface area contributed by atoms with Crippen molar-refractivity contribution in [3.8, 4) is 0 Å². The molecule has 1 unspecified atom stereocenters. The molecule has 1 atom stereocenters. The van der Waals surface area contributed by atoms with Crippen molar-refractivity contribution in [1.29, 1.82) is 0 Å². The highest BCUT2D eigenvalue weighted by atomic mass is 35.5. The third-order valence-corrected chi connectivity index (χ3v) is 2.80. The van der Waals surface area contributed by atoms with Gasteiger partial charge in [0, 0.05) is 5.02 Å². The number of nitrogens with two attached hydrogens (primary N) is 1. The summed E-state index contributed by atoms with van der Waals surface area (Å²) in [5.74, 6) is -1.97. The number of carboxylic acids is 1. The second-order valence-corrected chi connectivity index (χ2v) is 5.99. The number of hydrogen-bond acceptors (Lipinski definition) is 4. The van der Waals surface area contributed by atoms with Crippen LogP contribution < -0.4 is 5.73 Å². The summed E-state index contributed by atoms with van der Waals surface area (Å²) in [6.07, 6.45) is -0.566. The van der Waals surface area contributed by atoms with E-state index in [4.69, 9.17) is 27.2 Å². The molecule has 0 spiro atoms. The van der Waals surface area contributed by atoms with Crippen LogP contribution in [0.5, 0.6) is 0 Å². The number of halogens is 1. The van der Waals surface area contributed by atoms with Gasteiger partial charge in [-0.05, 0) is 38.5 Å². The average molecular weight is 300 g/mol. The van der Waals surface area contributed by atoms with Crippen molar-refractivity contribution in [1.82, 2.24) is 0 Å². The largest absolute Gasteiger partial charge is 0.481 e. The van der Waals surface area contributed by atoms with Crippen LogP contribution in [-0.2, 0) is 19.9 Å². The number of carbonyl (C=O) groups excluding carboxylic acids is 1. The van der Waals surface area contributed by atoms with Crippen molar-refractivity contribution in [2.24, 2.45) is 5.73 Å². The molecule has 20 heavy (non-hydrogen) atoms. The van der Waals surface area contributed by atoms with Gasteiger partial charge >= 0.3 is 11.9 Å². The van der Waals surface area contributed by atoms with Crippen LogP contribution in [0.4, 0.5) is 0 Å². The maximum atomic E-state index is 12.3. The lowest BCUT2D eigenvalue weighted by Crippen LogP contribution is -2.49. The Bertz CT molecular complexity index is 507. The monoisotopic (exact) mass is 299 g/mol. The third kappa shape index (κ3) is 4.21. The molecule has 0 fully saturated rings. The van der Waals surface area contributed by atoms with E-state index in [0.29, 0.717) is 10.6 Å². The number of carboxylic acid groups (broad SMARTS) is 1. The Morgan fingerprint density at radius 1 is 1.25 bits per heavy atom. The van der Waals surface area contributed by atoms with Gasteiger partial charge in [-0.25, -0.2) is 4.79 Å². The smallest absolute Gasteiger partial charge is 0.331 e. The molecule has 1 aromatic carbocycles. The highest BCUT2D eigenvalue weighted by Gasteiger charge is 2.41. The van der Waals surface area contributed by atoms with Crippen LogP contribution in [0.2, 0.25) is 5.02 Å². The molecule has 0 heterocycles. The quantitative estimate of drug-likeness (QED) is 0.833. The Hall–Kier alpha value is -1.59. The van der Waals surface area contributed by atoms with E-state index < -0.39 is 29.5 Å². The number of hydrogen-bond donors (Lipinski definition) is 2. The van der Waals surface area contributed by atoms with E-state index in [0.717, 1.165) is 0 Å². The van der Waals surface area contributed by atoms with Crippen LogP contribution in [0.1, 0.15) is 32.8 Å². The van der Waals surface area contributed by atoms with Crippen molar-refractivity contribution in [3.63, 3.8) is 0 Å². The topological polar surface area (TPSA) is 89.6 Å². The summed E-state index contributed by atoms with van der Waals surface area (Å²) in [6.45, 7) is 5.07. The molecule has 0 aliphatic rings. The standard InChI is InChI=1S/C14H18ClNO4/c1-13(2,3)20-12(19)14(16,8-11(17)18)9-4-6-10(15)7-5-9/h4-7H,8,16H2,1-3H3,(H,17,18). The number of benzene rings is 1. The van der Waals surface area contributed by atoms with Gasteiger partial charge in [-0.2, -0.15) is 0 Å². The van der Waals surface area contributed by atoms with Gasteiger partial charge in [0.25, 0.3) is 0 Å². The molecular formula is C14H18ClNO4. The number of aliphatic carboxylic acids is 1. The highest BCUT2D eigenvalue weighted by molar-refractivity contribution is 6.30. The average Bonchev–Trinajstić information content (AvgIpc) is 2.26. The molecule has 5 nitrogen and oxygen atoms in total. The SMILES string of the molecule is CC(C)(C)OC(=O)C(N)(CC(=O)O)c1ccc(Cl)cc1. The predicted molar refractivity (Wildman–Crippen MR) is 75.4 cm³/mol. The van der Waals surface area contributed by atoms with Crippen molar-refractivity contribution in [2.75, 3.05) is 0 Å². The van der Waals surface area contributed by atoms with E-state index >= 15 is 0 Å². The van der Waals surface area contributed by atoms with Crippen LogP contribution in [-0.4, -0.2) is 22.6 Å². The number of ether oxygens (including phenoxy) is 1. The summed E-state index contributed by atoms with van der Waals surface area (Å²) in [4.78, 5) is 23.3. The van der Waals surface area contributed by atoms with Gasteiger partial charge in [0.2, 0.25) is 0 Å². The van der Waals surface area contributed by atoms with E-state index in [1.54, 1.807) is 32.9 Å². The molecule has 0 saturated heterocycles. The van der Waals surface area contributed by atoms with Crippen molar-refractivity contribution < 1.29 is 19.4 Å². The lowest BCUT2D eigenvalue weighted by molar-refractivity contribution is -0.165. The molecule has 110 valence electrons. The zero-order chi connectivity index (χ0) is 15.6. The Morgan fingerprint density at radius 3 is 2.15 bits per heavy atom. The van der Waals surface area contributed by atoms with E-state index in [9.17, 15) is 9.59 Å². The molecule has 0 aliphatic heterocycles. The molecule has 0 saturated carbocycles. The first-order valence-corrected chi connectivity index (χ1v) is 6.42. The fraction of sp³-hybridized carbons (Fsp3) is 0.429. The van der Waals surface area contributed by atoms with E-state index in [1.165, 1.54) is 12.1 Å². The summed E-state index contributed by atoms with van der Waals surface area (Å²) < 4.78 is 5.23. The minimum atomic E-state index is -1.75. The van der Waals surface area contributed by atoms with E-state index in [-0.39, 0.29) is 0 Å². The Morgan fingerprint density at radius 2 is 1.75 bits per heavy atom. The van der Waals surface area contributed by atoms with Gasteiger partial charge in [0.05, 0.1) is 6.42 Å². The third-order valence-electron chi connectivity index (χ3n) is 2.55. The normalized spacial score (nSPS) is 14.4. The van der Waals surface area contributed by atoms with Crippen molar-refractivity contribution in [3.05, 3.63) is 34.9 Å². The fourth-order valence-corrected chi connectivity index (χ4v) is 1.77. The van der Waals surface area contributed by atoms with Gasteiger partial charge in [0.1, 0.15) is 5.60 Å². The molecule has 0 radical (unpaired) electrons. The second-order valence-electron chi connectivity index (χ2n) is 5.55. The molecule has 6 heteroatoms. The molecule has 3 N–H and O–H groups in total. The molecular weight excluding hydrogens is 282 g/mol. The fourth-order valence-electron chi connectivity index (χ4n) is 1.65. The van der Waals surface area contributed by atoms with Gasteiger partial charge in [-0.3, -0.25) is 4.79 Å². The zero-order valence-corrected chi connectivity index (χ0v) is 12.4. The second kappa shape index (κ2) is 5.81. The zero-order valence-electron chi connectivity index (χ0n) is 11.6. The van der Waals surface area contributed by atoms with Gasteiger partial charge in [-0.15, -0.1) is 0 Å². The van der Waals surface area contributed by atoms with Crippen LogP contribution in [0.25, 0.3) is 0 Å². The molecule has 0 bridgehead atoms. The summed E-state index contributed by atoms with van der Waals surface area (Å²) in [7, 11) is 0. The van der Waals surface area contributed by atoms with Crippen molar-refractivity contribution >= 4 is 23.5 Å². The summed E-state index contributed by atoms with van der Waals surface area (Å²) in [5.41, 5.74) is 3.86. The number of esters is 1. The van der Waals surface area contributed by atoms with Crippen LogP contribution >= 0.6 is 11.6 Å². The maximum absolute atomic E-state index is 12.3. The first-order valence-electron chi connectivity index (χ1n) is 6.05. The Kier molecular flexibility index (Phi) is 4.78. The summed E-state index contributed by atoms with van der Waals surface area (Å²) in [5, 5.41) is 9.47. The number of rotatable bonds is 4. The van der Waals surface area contributed by atoms with Gasteiger partial charge in [0.15, 0.2) is 5.54 Å². The van der Waals surface area contributed by atoms with E-state index in [1.807, 2.05) is 0 Å². The van der Waals surface area contributed by atoms with Gasteiger partial charge in [-0.1, -0.05) is 23.7 Å². The Labute approximate surface area is 122 Å². The first-order chi connectivity index (χ1) is 9.04. The molecule has 1 rings (SSSR count). The lowest BCUT2D eigenvalue weighted by Gasteiger charge is -2.30. The summed E-state index contributed by atoms with van der Waals surface area (Å²) in [6, 6.07) is 6.14. The number of carbonyl (C=O) groups is 2. The highest BCUT2D eigenvalue weighted by Crippen LogP contribution is 2.27. The molecule has 0 aromatic heterocycles. The molecule has 1 aromatic rings. The minimum absolute atomic E-state index is 0.346. The Balaban J connectivity index is 3.18. The predicted octanol–water partition coefficient (Wildman–Crippen LogP) is 2.31. The summed E-state index contributed by atoms with van der Waals surface area (Å²) >= 11 is 5.78. The molecule has 0 aliphatic carbocycles. The minimum Gasteiger partial charge on any atom is -0.481 e. The van der Waals surface area contributed by atoms with Crippen molar-refractivity contribution in [2.45, 2.75) is 38.3 Å².